The van der Waals surface area contributed by atoms with Gasteiger partial charge in [-0.15, -0.1) is 0 Å². The zero-order valence-electron chi connectivity index (χ0n) is 14.8. The van der Waals surface area contributed by atoms with Crippen molar-refractivity contribution in [1.29, 1.82) is 0 Å². The molecule has 0 aliphatic rings. The van der Waals surface area contributed by atoms with Gasteiger partial charge in [0.1, 0.15) is 0 Å². The minimum atomic E-state index is -0.933. The molecule has 4 N–H and O–H groups in total. The average molecular weight is 330 g/mol. The van der Waals surface area contributed by atoms with Gasteiger partial charge < -0.3 is 20.4 Å². The first kappa shape index (κ1) is 23.6. The zero-order chi connectivity index (χ0) is 18.7. The van der Waals surface area contributed by atoms with E-state index in [1.807, 2.05) is 6.92 Å². The molecule has 0 unspecified atom stereocenters. The normalized spacial score (nSPS) is 17.4. The fourth-order valence-electron chi connectivity index (χ4n) is 1.55. The lowest BCUT2D eigenvalue weighted by atomic mass is 10.00. The number of rotatable bonds is 7. The molecule has 0 bridgehead atoms. The Morgan fingerprint density at radius 3 is 1.48 bits per heavy atom. The summed E-state index contributed by atoms with van der Waals surface area (Å²) in [6.07, 6.45) is 2.83. The minimum absolute atomic E-state index is 0.0916. The van der Waals surface area contributed by atoms with Crippen LogP contribution in [0.3, 0.4) is 0 Å². The SMILES string of the molecule is C/C(=C\[C@@H](C)[C@@H](C)O)C(=O)O.CC[C@@H](O)[C@H](C)/C=C(\C)C(=O)O. The van der Waals surface area contributed by atoms with E-state index >= 15 is 0 Å². The predicted octanol–water partition coefficient (Wildman–Crippen LogP) is 2.46. The van der Waals surface area contributed by atoms with Gasteiger partial charge in [0.05, 0.1) is 12.2 Å². The van der Waals surface area contributed by atoms with Gasteiger partial charge >= 0.3 is 11.9 Å². The van der Waals surface area contributed by atoms with E-state index in [4.69, 9.17) is 15.3 Å². The van der Waals surface area contributed by atoms with Crippen LogP contribution in [-0.4, -0.2) is 44.6 Å². The quantitative estimate of drug-likeness (QED) is 0.533. The molecule has 0 heterocycles. The Hall–Kier alpha value is -1.66. The van der Waals surface area contributed by atoms with Crippen LogP contribution in [0.15, 0.2) is 23.3 Å². The fraction of sp³-hybridized carbons (Fsp3) is 0.647. The summed E-state index contributed by atoms with van der Waals surface area (Å²) in [5.74, 6) is -2.06. The lowest BCUT2D eigenvalue weighted by molar-refractivity contribution is -0.133. The topological polar surface area (TPSA) is 115 Å². The van der Waals surface area contributed by atoms with Crippen LogP contribution in [0, 0.1) is 11.8 Å². The number of aliphatic hydroxyl groups is 2. The van der Waals surface area contributed by atoms with Crippen molar-refractivity contribution in [3.63, 3.8) is 0 Å². The Labute approximate surface area is 138 Å². The summed E-state index contributed by atoms with van der Waals surface area (Å²) in [5, 5.41) is 35.3. The smallest absolute Gasteiger partial charge is 0.330 e. The van der Waals surface area contributed by atoms with E-state index in [9.17, 15) is 14.7 Å². The zero-order valence-corrected chi connectivity index (χ0v) is 14.8. The summed E-state index contributed by atoms with van der Waals surface area (Å²) in [6.45, 7) is 10.1. The summed E-state index contributed by atoms with van der Waals surface area (Å²) in [7, 11) is 0. The number of hydrogen-bond donors (Lipinski definition) is 4. The molecular weight excluding hydrogens is 300 g/mol. The molecule has 0 rings (SSSR count). The fourth-order valence-corrected chi connectivity index (χ4v) is 1.55. The maximum atomic E-state index is 10.4. The van der Waals surface area contributed by atoms with Crippen LogP contribution in [0.1, 0.15) is 48.0 Å². The molecule has 6 heteroatoms. The van der Waals surface area contributed by atoms with E-state index in [0.29, 0.717) is 6.42 Å². The molecule has 4 atom stereocenters. The molecule has 0 radical (unpaired) electrons. The summed E-state index contributed by atoms with van der Waals surface area (Å²) >= 11 is 0. The molecule has 0 aliphatic carbocycles. The van der Waals surface area contributed by atoms with Crippen molar-refractivity contribution in [2.75, 3.05) is 0 Å². The second kappa shape index (κ2) is 11.8. The van der Waals surface area contributed by atoms with Gasteiger partial charge in [0.15, 0.2) is 0 Å². The van der Waals surface area contributed by atoms with Gasteiger partial charge in [-0.25, -0.2) is 9.59 Å². The largest absolute Gasteiger partial charge is 0.478 e. The van der Waals surface area contributed by atoms with Crippen molar-refractivity contribution < 1.29 is 30.0 Å². The molecule has 0 fully saturated rings. The highest BCUT2D eigenvalue weighted by Gasteiger charge is 2.11. The van der Waals surface area contributed by atoms with E-state index in [0.717, 1.165) is 0 Å². The van der Waals surface area contributed by atoms with Crippen molar-refractivity contribution in [2.24, 2.45) is 11.8 Å². The molecule has 134 valence electrons. The molecule has 0 aliphatic heterocycles. The first-order valence-corrected chi connectivity index (χ1v) is 7.63. The second-order valence-corrected chi connectivity index (χ2v) is 5.74. The Morgan fingerprint density at radius 1 is 0.870 bits per heavy atom. The molecule has 0 aromatic rings. The summed E-state index contributed by atoms with van der Waals surface area (Å²) in [4.78, 5) is 20.7. The van der Waals surface area contributed by atoms with E-state index in [1.165, 1.54) is 13.8 Å². The molecular formula is C17H30O6. The standard InChI is InChI=1S/C9H16O3.C8H14O3/c1-4-8(10)6(2)5-7(3)9(11)12;1-5(7(3)9)4-6(2)8(10)11/h5-6,8,10H,4H2,1-3H3,(H,11,12);4-5,7,9H,1-3H3,(H,10,11)/b7-5+;6-4+/t6-,8-;5-,7-/m11/s1. The van der Waals surface area contributed by atoms with Gasteiger partial charge in [0.2, 0.25) is 0 Å². The van der Waals surface area contributed by atoms with Gasteiger partial charge in [-0.05, 0) is 27.2 Å². The highest BCUT2D eigenvalue weighted by atomic mass is 16.4. The number of aliphatic carboxylic acids is 2. The van der Waals surface area contributed by atoms with Gasteiger partial charge in [-0.2, -0.15) is 0 Å². The second-order valence-electron chi connectivity index (χ2n) is 5.74. The maximum absolute atomic E-state index is 10.4. The highest BCUT2D eigenvalue weighted by Crippen LogP contribution is 2.10. The Morgan fingerprint density at radius 2 is 1.22 bits per heavy atom. The highest BCUT2D eigenvalue weighted by molar-refractivity contribution is 5.86. The third kappa shape index (κ3) is 11.5. The molecule has 0 spiro atoms. The van der Waals surface area contributed by atoms with Crippen molar-refractivity contribution in [3.05, 3.63) is 23.3 Å². The summed E-state index contributed by atoms with van der Waals surface area (Å²) in [5.41, 5.74) is 0.563. The Kier molecular flexibility index (Phi) is 12.2. The van der Waals surface area contributed by atoms with E-state index in [-0.39, 0.29) is 23.0 Å². The van der Waals surface area contributed by atoms with Crippen LogP contribution >= 0.6 is 0 Å². The van der Waals surface area contributed by atoms with Crippen LogP contribution in [0.25, 0.3) is 0 Å². The molecule has 0 aromatic carbocycles. The van der Waals surface area contributed by atoms with Crippen LogP contribution in [0.5, 0.6) is 0 Å². The lowest BCUT2D eigenvalue weighted by Crippen LogP contribution is -2.15. The molecule has 0 amide bonds. The maximum Gasteiger partial charge on any atom is 0.330 e. The van der Waals surface area contributed by atoms with Crippen molar-refractivity contribution in [3.8, 4) is 0 Å². The average Bonchev–Trinajstić information content (AvgIpc) is 2.46. The van der Waals surface area contributed by atoms with Gasteiger partial charge in [0.25, 0.3) is 0 Å². The lowest BCUT2D eigenvalue weighted by Gasteiger charge is -2.13. The number of carbonyl (C=O) groups is 2. The number of carboxylic acid groups (broad SMARTS) is 2. The van der Waals surface area contributed by atoms with Gasteiger partial charge in [0, 0.05) is 23.0 Å². The molecule has 0 saturated heterocycles. The van der Waals surface area contributed by atoms with Crippen LogP contribution < -0.4 is 0 Å². The van der Waals surface area contributed by atoms with Crippen molar-refractivity contribution >= 4 is 11.9 Å². The molecule has 0 saturated carbocycles. The van der Waals surface area contributed by atoms with Crippen LogP contribution in [0.4, 0.5) is 0 Å². The van der Waals surface area contributed by atoms with Crippen LogP contribution in [-0.2, 0) is 9.59 Å². The Bertz CT molecular complexity index is 436. The van der Waals surface area contributed by atoms with E-state index in [1.54, 1.807) is 32.9 Å². The first-order chi connectivity index (χ1) is 10.4. The third-order valence-corrected chi connectivity index (χ3v) is 3.49. The van der Waals surface area contributed by atoms with Crippen molar-refractivity contribution in [1.82, 2.24) is 0 Å². The molecule has 6 nitrogen and oxygen atoms in total. The van der Waals surface area contributed by atoms with Crippen LogP contribution in [0.2, 0.25) is 0 Å². The monoisotopic (exact) mass is 330 g/mol. The summed E-state index contributed by atoms with van der Waals surface area (Å²) in [6, 6.07) is 0. The van der Waals surface area contributed by atoms with E-state index in [2.05, 4.69) is 0 Å². The molecule has 23 heavy (non-hydrogen) atoms. The number of carboxylic acids is 2. The van der Waals surface area contributed by atoms with Gasteiger partial charge in [-0.3, -0.25) is 0 Å². The minimum Gasteiger partial charge on any atom is -0.478 e. The first-order valence-electron chi connectivity index (χ1n) is 7.63. The number of aliphatic hydroxyl groups excluding tert-OH is 2. The number of hydrogen-bond acceptors (Lipinski definition) is 4. The Balaban J connectivity index is 0. The molecule has 0 aromatic heterocycles. The third-order valence-electron chi connectivity index (χ3n) is 3.49. The summed E-state index contributed by atoms with van der Waals surface area (Å²) < 4.78 is 0. The van der Waals surface area contributed by atoms with E-state index < -0.39 is 24.1 Å². The van der Waals surface area contributed by atoms with Crippen molar-refractivity contribution in [2.45, 2.75) is 60.2 Å². The van der Waals surface area contributed by atoms with Gasteiger partial charge in [-0.1, -0.05) is 32.9 Å². The predicted molar refractivity (Wildman–Crippen MR) is 89.1 cm³/mol.